The van der Waals surface area contributed by atoms with E-state index in [1.165, 1.54) is 4.57 Å². The topological polar surface area (TPSA) is 48.9 Å². The Bertz CT molecular complexity index is 818. The number of rotatable bonds is 0. The molecule has 20 heavy (non-hydrogen) atoms. The Morgan fingerprint density at radius 3 is 1.85 bits per heavy atom. The van der Waals surface area contributed by atoms with Crippen LogP contribution in [0.15, 0.2) is 21.7 Å². The molecule has 2 aliphatic heterocycles. The zero-order chi connectivity index (χ0) is 13.2. The van der Waals surface area contributed by atoms with Gasteiger partial charge in [0.15, 0.2) is 0 Å². The molecule has 3 heterocycles. The molecule has 0 amide bonds. The lowest BCUT2D eigenvalue weighted by Gasteiger charge is -3.01. The van der Waals surface area contributed by atoms with Gasteiger partial charge in [-0.25, -0.2) is 23.5 Å². The first-order valence-corrected chi connectivity index (χ1v) is 7.73. The average Bonchev–Trinajstić information content (AvgIpc) is 2.64. The van der Waals surface area contributed by atoms with Gasteiger partial charge in [-0.15, -0.1) is 0 Å². The van der Waals surface area contributed by atoms with E-state index in [2.05, 4.69) is 12.2 Å². The van der Waals surface area contributed by atoms with E-state index in [1.54, 1.807) is 7.05 Å². The second kappa shape index (κ2) is 2.11. The SMILES string of the molecule is Cn1c(=O)n2n(c1=O)[C@H]1[C@@H]3[C@@H]4[C@@H]5[C@@H]3[C@]13CC=CC[C@@]53[C@H]42. The van der Waals surface area contributed by atoms with Crippen LogP contribution in [0.5, 0.6) is 0 Å². The molecule has 5 nitrogen and oxygen atoms in total. The number of hydrogen-bond donors (Lipinski definition) is 0. The molecule has 1 aromatic rings. The van der Waals surface area contributed by atoms with Gasteiger partial charge in [0, 0.05) is 17.9 Å². The van der Waals surface area contributed by atoms with Gasteiger partial charge in [0.05, 0.1) is 12.1 Å². The molecular formula is C15H15N3O2. The molecule has 0 N–H and O–H groups in total. The van der Waals surface area contributed by atoms with Crippen LogP contribution >= 0.6 is 0 Å². The van der Waals surface area contributed by atoms with E-state index in [0.717, 1.165) is 24.7 Å². The maximum atomic E-state index is 12.5. The second-order valence-electron chi connectivity index (χ2n) is 7.87. The van der Waals surface area contributed by atoms with Crippen molar-refractivity contribution in [2.24, 2.45) is 41.5 Å². The molecule has 2 bridgehead atoms. The van der Waals surface area contributed by atoms with E-state index >= 15 is 0 Å². The third-order valence-corrected chi connectivity index (χ3v) is 8.30. The van der Waals surface area contributed by atoms with E-state index in [4.69, 9.17) is 0 Å². The van der Waals surface area contributed by atoms with Gasteiger partial charge in [-0.1, -0.05) is 12.2 Å². The van der Waals surface area contributed by atoms with Crippen LogP contribution in [0.3, 0.4) is 0 Å². The highest BCUT2D eigenvalue weighted by molar-refractivity contribution is 5.50. The van der Waals surface area contributed by atoms with E-state index in [9.17, 15) is 9.59 Å². The number of allylic oxidation sites excluding steroid dienone is 2. The maximum Gasteiger partial charge on any atom is 0.347 e. The summed E-state index contributed by atoms with van der Waals surface area (Å²) in [5, 5.41) is 0. The number of aromatic nitrogens is 3. The predicted molar refractivity (Wildman–Crippen MR) is 69.2 cm³/mol. The highest BCUT2D eigenvalue weighted by Gasteiger charge is 3.02. The van der Waals surface area contributed by atoms with Gasteiger partial charge in [0.2, 0.25) is 0 Å². The highest BCUT2D eigenvalue weighted by Crippen LogP contribution is 3.03. The van der Waals surface area contributed by atoms with Gasteiger partial charge in [0.25, 0.3) is 0 Å². The molecule has 2 spiro atoms. The zero-order valence-corrected chi connectivity index (χ0v) is 11.2. The minimum absolute atomic E-state index is 0.0882. The summed E-state index contributed by atoms with van der Waals surface area (Å²) in [7, 11) is 1.63. The predicted octanol–water partition coefficient (Wildman–Crippen LogP) is 0.286. The van der Waals surface area contributed by atoms with E-state index in [1.807, 2.05) is 9.36 Å². The van der Waals surface area contributed by atoms with Crippen LogP contribution in [0.1, 0.15) is 24.9 Å². The van der Waals surface area contributed by atoms with Crippen molar-refractivity contribution in [1.82, 2.24) is 13.9 Å². The summed E-state index contributed by atoms with van der Waals surface area (Å²) in [5.41, 5.74) is 0.506. The Morgan fingerprint density at radius 2 is 1.40 bits per heavy atom. The quantitative estimate of drug-likeness (QED) is 0.635. The molecule has 5 aliphatic carbocycles. The summed E-state index contributed by atoms with van der Waals surface area (Å²) in [6, 6.07) is 0.637. The van der Waals surface area contributed by atoms with Crippen LogP contribution < -0.4 is 11.4 Å². The third kappa shape index (κ3) is 0.462. The first-order valence-electron chi connectivity index (χ1n) is 7.73. The molecule has 102 valence electrons. The van der Waals surface area contributed by atoms with Gasteiger partial charge in [0.1, 0.15) is 0 Å². The lowest BCUT2D eigenvalue weighted by molar-refractivity contribution is -0.551. The summed E-state index contributed by atoms with van der Waals surface area (Å²) in [6.07, 6.45) is 6.92. The van der Waals surface area contributed by atoms with Crippen LogP contribution in [0, 0.1) is 34.5 Å². The summed E-state index contributed by atoms with van der Waals surface area (Å²) >= 11 is 0. The van der Waals surface area contributed by atoms with Crippen molar-refractivity contribution >= 4 is 0 Å². The van der Waals surface area contributed by atoms with Gasteiger partial charge < -0.3 is 0 Å². The standard InChI is InChI=1S/C15H15N3O2/c1-16-12(19)17-10-6-7-9-8(6)14(10)4-2-3-5-15(9,14)11(7)18(17)13(16)20/h2-3,6-11H,4-5H2,1H3/t6-,7-,8-,9-,10+,11+,14-,15+/m1/s1. The smallest absolute Gasteiger partial charge is 0.246 e. The normalized spacial score (nSPS) is 60.5. The Balaban J connectivity index is 1.67. The molecule has 0 radical (unpaired) electrons. The monoisotopic (exact) mass is 269 g/mol. The van der Waals surface area contributed by atoms with E-state index in [0.29, 0.717) is 34.7 Å². The molecule has 0 aromatic carbocycles. The van der Waals surface area contributed by atoms with Crippen LogP contribution in [-0.2, 0) is 7.05 Å². The van der Waals surface area contributed by atoms with Gasteiger partial charge in [-0.3, -0.25) is 0 Å². The van der Waals surface area contributed by atoms with Crippen LogP contribution in [-0.4, -0.2) is 13.9 Å². The van der Waals surface area contributed by atoms with Gasteiger partial charge >= 0.3 is 11.4 Å². The molecule has 4 fully saturated rings. The fraction of sp³-hybridized carbons (Fsp3) is 0.733. The van der Waals surface area contributed by atoms with Gasteiger partial charge in [-0.2, -0.15) is 0 Å². The molecule has 0 saturated heterocycles. The van der Waals surface area contributed by atoms with Crippen LogP contribution in [0.25, 0.3) is 0 Å². The Morgan fingerprint density at radius 1 is 0.950 bits per heavy atom. The lowest BCUT2D eigenvalue weighted by atomic mass is 9.04. The second-order valence-corrected chi connectivity index (χ2v) is 7.87. The Labute approximate surface area is 114 Å². The average molecular weight is 269 g/mol. The Kier molecular flexibility index (Phi) is 0.992. The van der Waals surface area contributed by atoms with Gasteiger partial charge in [-0.05, 0) is 36.5 Å². The minimum atomic E-state index is -0.0882. The van der Waals surface area contributed by atoms with E-state index in [-0.39, 0.29) is 11.4 Å². The highest BCUT2D eigenvalue weighted by atomic mass is 16.2. The molecule has 0 unspecified atom stereocenters. The van der Waals surface area contributed by atoms with Crippen LogP contribution in [0.2, 0.25) is 0 Å². The van der Waals surface area contributed by atoms with Crippen LogP contribution in [0.4, 0.5) is 0 Å². The first kappa shape index (κ1) is 9.42. The number of hydrogen-bond acceptors (Lipinski definition) is 2. The summed E-state index contributed by atoms with van der Waals surface area (Å²) in [6.45, 7) is 0. The number of nitrogens with zero attached hydrogens (tertiary/aromatic N) is 3. The van der Waals surface area contributed by atoms with Crippen molar-refractivity contribution in [3.05, 3.63) is 33.1 Å². The maximum absolute atomic E-state index is 12.5. The molecule has 7 aliphatic rings. The zero-order valence-electron chi connectivity index (χ0n) is 11.2. The van der Waals surface area contributed by atoms with Crippen molar-refractivity contribution in [3.8, 4) is 0 Å². The largest absolute Gasteiger partial charge is 0.347 e. The lowest BCUT2D eigenvalue weighted by Crippen LogP contribution is -3.00. The summed E-state index contributed by atoms with van der Waals surface area (Å²) in [5.74, 6) is 3.15. The first-order chi connectivity index (χ1) is 9.68. The van der Waals surface area contributed by atoms with E-state index < -0.39 is 0 Å². The fourth-order valence-electron chi connectivity index (χ4n) is 8.17. The molecule has 4 saturated carbocycles. The summed E-state index contributed by atoms with van der Waals surface area (Å²) in [4.78, 5) is 25.0. The fourth-order valence-corrected chi connectivity index (χ4v) is 8.17. The molecule has 1 aromatic heterocycles. The van der Waals surface area contributed by atoms with Crippen molar-refractivity contribution < 1.29 is 0 Å². The Hall–Kier alpha value is -1.52. The molecule has 8 atom stereocenters. The third-order valence-electron chi connectivity index (χ3n) is 8.30. The van der Waals surface area contributed by atoms with Crippen molar-refractivity contribution in [2.75, 3.05) is 0 Å². The van der Waals surface area contributed by atoms with Crippen molar-refractivity contribution in [2.45, 2.75) is 24.9 Å². The molecular weight excluding hydrogens is 254 g/mol. The molecule has 5 heteroatoms. The molecule has 8 rings (SSSR count). The summed E-state index contributed by atoms with van der Waals surface area (Å²) < 4.78 is 5.03. The van der Waals surface area contributed by atoms with Crippen molar-refractivity contribution in [3.63, 3.8) is 0 Å². The minimum Gasteiger partial charge on any atom is -0.246 e. The van der Waals surface area contributed by atoms with Crippen molar-refractivity contribution in [1.29, 1.82) is 0 Å².